The van der Waals surface area contributed by atoms with Gasteiger partial charge in [-0.25, -0.2) is 0 Å². The van der Waals surface area contributed by atoms with Gasteiger partial charge in [-0.05, 0) is 23.6 Å². The summed E-state index contributed by atoms with van der Waals surface area (Å²) >= 11 is 0. The fraction of sp³-hybridized carbons (Fsp3) is 0.273. The van der Waals surface area contributed by atoms with Gasteiger partial charge in [-0.2, -0.15) is 0 Å². The van der Waals surface area contributed by atoms with Gasteiger partial charge in [0.25, 0.3) is 0 Å². The minimum atomic E-state index is 0.409. The van der Waals surface area contributed by atoms with Crippen LogP contribution < -0.4 is 4.90 Å². The van der Waals surface area contributed by atoms with Crippen molar-refractivity contribution in [1.29, 1.82) is 0 Å². The molecule has 0 bridgehead atoms. The standard InChI is InChI=1S/C22H23N3/c1-15(2)16-8-4-6-10-19(16)25-20-11-7-5-9-17(20)18-14-21-23(3)12-13-24(21)22(18)25/h4-13,15,21H,14H2,1-3H3. The number of hydrogen-bond acceptors (Lipinski definition) is 2. The molecular weight excluding hydrogens is 306 g/mol. The Morgan fingerprint density at radius 1 is 0.960 bits per heavy atom. The maximum atomic E-state index is 2.48. The van der Waals surface area contributed by atoms with Crippen molar-refractivity contribution in [2.24, 2.45) is 0 Å². The van der Waals surface area contributed by atoms with Gasteiger partial charge in [0.1, 0.15) is 12.0 Å². The van der Waals surface area contributed by atoms with Crippen molar-refractivity contribution in [1.82, 2.24) is 9.47 Å². The quantitative estimate of drug-likeness (QED) is 0.665. The van der Waals surface area contributed by atoms with Crippen LogP contribution in [0.3, 0.4) is 0 Å². The molecule has 126 valence electrons. The first kappa shape index (κ1) is 14.6. The monoisotopic (exact) mass is 329 g/mol. The van der Waals surface area contributed by atoms with Crippen molar-refractivity contribution < 1.29 is 0 Å². The summed E-state index contributed by atoms with van der Waals surface area (Å²) in [5.41, 5.74) is 5.47. The van der Waals surface area contributed by atoms with E-state index in [1.165, 1.54) is 33.5 Å². The van der Waals surface area contributed by atoms with E-state index >= 15 is 0 Å². The highest BCUT2D eigenvalue weighted by molar-refractivity contribution is 5.94. The number of para-hydroxylation sites is 2. The molecule has 5 rings (SSSR count). The van der Waals surface area contributed by atoms with Crippen LogP contribution in [0.4, 0.5) is 5.82 Å². The van der Waals surface area contributed by atoms with Crippen LogP contribution in [-0.4, -0.2) is 22.7 Å². The molecule has 2 aliphatic rings. The second-order valence-corrected chi connectivity index (χ2v) is 7.42. The largest absolute Gasteiger partial charge is 0.358 e. The van der Waals surface area contributed by atoms with Gasteiger partial charge in [0, 0.05) is 36.8 Å². The van der Waals surface area contributed by atoms with Crippen LogP contribution in [-0.2, 0) is 6.42 Å². The number of likely N-dealkylation sites (N-methyl/N-ethyl adjacent to an activating group) is 1. The number of aromatic nitrogens is 1. The van der Waals surface area contributed by atoms with E-state index in [0.717, 1.165) is 6.42 Å². The predicted octanol–water partition coefficient (Wildman–Crippen LogP) is 4.86. The van der Waals surface area contributed by atoms with Gasteiger partial charge in [-0.1, -0.05) is 50.2 Å². The molecule has 1 unspecified atom stereocenters. The Kier molecular flexibility index (Phi) is 3.02. The smallest absolute Gasteiger partial charge is 0.123 e. The minimum absolute atomic E-state index is 0.409. The van der Waals surface area contributed by atoms with Crippen molar-refractivity contribution in [2.75, 3.05) is 11.9 Å². The topological polar surface area (TPSA) is 11.4 Å². The first-order valence-corrected chi connectivity index (χ1v) is 9.07. The molecule has 25 heavy (non-hydrogen) atoms. The molecule has 2 aromatic carbocycles. The Balaban J connectivity index is 1.85. The maximum absolute atomic E-state index is 2.48. The Labute approximate surface area is 148 Å². The molecule has 0 radical (unpaired) electrons. The van der Waals surface area contributed by atoms with E-state index in [1.54, 1.807) is 0 Å². The molecule has 2 aliphatic heterocycles. The lowest BCUT2D eigenvalue weighted by atomic mass is 10.0. The molecule has 1 aromatic heterocycles. The number of rotatable bonds is 2. The molecule has 0 amide bonds. The van der Waals surface area contributed by atoms with Crippen molar-refractivity contribution in [3.8, 4) is 5.69 Å². The minimum Gasteiger partial charge on any atom is -0.358 e. The number of hydrogen-bond donors (Lipinski definition) is 0. The lowest BCUT2D eigenvalue weighted by Crippen LogP contribution is -2.34. The molecule has 1 atom stereocenters. The van der Waals surface area contributed by atoms with Gasteiger partial charge in [0.05, 0.1) is 11.2 Å². The third kappa shape index (κ3) is 1.92. The van der Waals surface area contributed by atoms with Gasteiger partial charge < -0.3 is 9.80 Å². The van der Waals surface area contributed by atoms with Crippen LogP contribution in [0.5, 0.6) is 0 Å². The molecule has 3 aromatic rings. The highest BCUT2D eigenvalue weighted by atomic mass is 15.4. The molecule has 0 aliphatic carbocycles. The molecule has 3 heteroatoms. The summed E-state index contributed by atoms with van der Waals surface area (Å²) in [4.78, 5) is 4.75. The van der Waals surface area contributed by atoms with Crippen LogP contribution >= 0.6 is 0 Å². The molecule has 0 fully saturated rings. The number of nitrogens with zero attached hydrogens (tertiary/aromatic N) is 3. The number of benzene rings is 2. The zero-order valence-corrected chi connectivity index (χ0v) is 15.0. The summed E-state index contributed by atoms with van der Waals surface area (Å²) in [5, 5.41) is 1.38. The highest BCUT2D eigenvalue weighted by Crippen LogP contribution is 2.45. The lowest BCUT2D eigenvalue weighted by molar-refractivity contribution is 0.368. The third-order valence-corrected chi connectivity index (χ3v) is 5.64. The first-order chi connectivity index (χ1) is 12.2. The van der Waals surface area contributed by atoms with E-state index in [1.807, 2.05) is 0 Å². The van der Waals surface area contributed by atoms with Crippen molar-refractivity contribution in [2.45, 2.75) is 32.4 Å². The fourth-order valence-corrected chi connectivity index (χ4v) is 4.40. The van der Waals surface area contributed by atoms with Crippen LogP contribution in [0.1, 0.15) is 30.9 Å². The third-order valence-electron chi connectivity index (χ3n) is 5.64. The summed E-state index contributed by atoms with van der Waals surface area (Å²) in [6, 6.07) is 17.7. The molecule has 0 N–H and O–H groups in total. The first-order valence-electron chi connectivity index (χ1n) is 9.07. The van der Waals surface area contributed by atoms with E-state index in [-0.39, 0.29) is 0 Å². The summed E-state index contributed by atoms with van der Waals surface area (Å²) in [6.45, 7) is 4.55. The summed E-state index contributed by atoms with van der Waals surface area (Å²) < 4.78 is 2.48. The van der Waals surface area contributed by atoms with Crippen LogP contribution in [0.2, 0.25) is 0 Å². The Bertz CT molecular complexity index is 996. The number of fused-ring (bicyclic) bond motifs is 5. The van der Waals surface area contributed by atoms with Crippen molar-refractivity contribution >= 4 is 16.7 Å². The molecule has 3 nitrogen and oxygen atoms in total. The predicted molar refractivity (Wildman–Crippen MR) is 104 cm³/mol. The van der Waals surface area contributed by atoms with E-state index in [0.29, 0.717) is 12.1 Å². The summed E-state index contributed by atoms with van der Waals surface area (Å²) in [7, 11) is 2.17. The van der Waals surface area contributed by atoms with E-state index < -0.39 is 0 Å². The van der Waals surface area contributed by atoms with Gasteiger partial charge >= 0.3 is 0 Å². The zero-order valence-electron chi connectivity index (χ0n) is 15.0. The Morgan fingerprint density at radius 2 is 1.72 bits per heavy atom. The molecule has 0 saturated heterocycles. The second-order valence-electron chi connectivity index (χ2n) is 7.42. The zero-order chi connectivity index (χ0) is 17.1. The van der Waals surface area contributed by atoms with Gasteiger partial charge in [0.15, 0.2) is 0 Å². The van der Waals surface area contributed by atoms with Crippen LogP contribution in [0.25, 0.3) is 16.6 Å². The van der Waals surface area contributed by atoms with Gasteiger partial charge in [-0.3, -0.25) is 4.57 Å². The summed E-state index contributed by atoms with van der Waals surface area (Å²) in [6.07, 6.45) is 5.89. The lowest BCUT2D eigenvalue weighted by Gasteiger charge is -2.26. The highest BCUT2D eigenvalue weighted by Gasteiger charge is 2.38. The molecule has 3 heterocycles. The van der Waals surface area contributed by atoms with Crippen molar-refractivity contribution in [3.05, 3.63) is 72.1 Å². The SMILES string of the molecule is CC(C)c1ccccc1-n1c2c(c3ccccc31)CC1N(C)C=CN21. The van der Waals surface area contributed by atoms with E-state index in [9.17, 15) is 0 Å². The summed E-state index contributed by atoms with van der Waals surface area (Å²) in [5.74, 6) is 1.82. The molecular formula is C22H23N3. The average Bonchev–Trinajstić information content (AvgIpc) is 3.25. The van der Waals surface area contributed by atoms with Crippen LogP contribution in [0.15, 0.2) is 60.9 Å². The Hall–Kier alpha value is -2.68. The van der Waals surface area contributed by atoms with E-state index in [4.69, 9.17) is 0 Å². The average molecular weight is 329 g/mol. The van der Waals surface area contributed by atoms with Crippen molar-refractivity contribution in [3.63, 3.8) is 0 Å². The Morgan fingerprint density at radius 3 is 2.56 bits per heavy atom. The van der Waals surface area contributed by atoms with E-state index in [2.05, 4.69) is 96.2 Å². The second kappa shape index (κ2) is 5.16. The fourth-order valence-electron chi connectivity index (χ4n) is 4.40. The van der Waals surface area contributed by atoms with Gasteiger partial charge in [0.2, 0.25) is 0 Å². The molecule has 0 spiro atoms. The normalized spacial score (nSPS) is 18.5. The number of anilines is 1. The maximum Gasteiger partial charge on any atom is 0.123 e. The van der Waals surface area contributed by atoms with Crippen LogP contribution in [0, 0.1) is 0 Å². The van der Waals surface area contributed by atoms with Gasteiger partial charge in [-0.15, -0.1) is 0 Å². The molecule has 0 saturated carbocycles.